The Morgan fingerprint density at radius 2 is 1.78 bits per heavy atom. The molecule has 2 aromatic carbocycles. The van der Waals surface area contributed by atoms with Crippen LogP contribution in [0.5, 0.6) is 5.75 Å². The van der Waals surface area contributed by atoms with Crippen LogP contribution in [0.2, 0.25) is 0 Å². The van der Waals surface area contributed by atoms with Crippen LogP contribution >= 0.6 is 12.6 Å². The molecule has 0 aromatic heterocycles. The second kappa shape index (κ2) is 7.51. The molecule has 0 amide bonds. The Bertz CT molecular complexity index is 750. The molecular weight excluding hydrogens is 316 g/mol. The minimum absolute atomic E-state index is 0.0517. The van der Waals surface area contributed by atoms with Gasteiger partial charge in [0.15, 0.2) is 0 Å². The van der Waals surface area contributed by atoms with E-state index in [1.165, 1.54) is 12.1 Å². The molecule has 6 heteroatoms. The van der Waals surface area contributed by atoms with E-state index in [1.807, 2.05) is 0 Å². The number of rotatable bonds is 6. The molecule has 0 saturated heterocycles. The quantitative estimate of drug-likeness (QED) is 0.559. The normalized spacial score (nSPS) is 11.1. The third-order valence-corrected chi connectivity index (χ3v) is 3.30. The van der Waals surface area contributed by atoms with Gasteiger partial charge in [-0.3, -0.25) is 0 Å². The van der Waals surface area contributed by atoms with E-state index in [0.29, 0.717) is 11.3 Å². The summed E-state index contributed by atoms with van der Waals surface area (Å²) in [6.07, 6.45) is 1.44. The monoisotopic (exact) mass is 330 g/mol. The van der Waals surface area contributed by atoms with Crippen LogP contribution in [0.15, 0.2) is 53.4 Å². The Balaban J connectivity index is 2.02. The molecular formula is C17H14O5S. The van der Waals surface area contributed by atoms with E-state index in [2.05, 4.69) is 12.6 Å². The molecule has 23 heavy (non-hydrogen) atoms. The van der Waals surface area contributed by atoms with Gasteiger partial charge in [0, 0.05) is 0 Å². The molecule has 0 fully saturated rings. The highest BCUT2D eigenvalue weighted by atomic mass is 32.1. The zero-order valence-electron chi connectivity index (χ0n) is 12.0. The summed E-state index contributed by atoms with van der Waals surface area (Å²) in [6.45, 7) is 0.239. The van der Waals surface area contributed by atoms with E-state index in [9.17, 15) is 9.59 Å². The lowest BCUT2D eigenvalue weighted by molar-refractivity contribution is -0.131. The summed E-state index contributed by atoms with van der Waals surface area (Å²) in [6, 6.07) is 13.3. The third kappa shape index (κ3) is 4.89. The Morgan fingerprint density at radius 1 is 1.09 bits per heavy atom. The maximum absolute atomic E-state index is 10.9. The zero-order chi connectivity index (χ0) is 16.8. The maximum atomic E-state index is 10.9. The molecule has 2 aromatic rings. The van der Waals surface area contributed by atoms with Crippen LogP contribution in [-0.2, 0) is 11.4 Å². The molecule has 0 aliphatic rings. The maximum Gasteiger partial charge on any atom is 0.341 e. The molecule has 0 atom stereocenters. The van der Waals surface area contributed by atoms with Crippen molar-refractivity contribution in [3.05, 3.63) is 70.1 Å². The number of carbonyl (C=O) groups is 2. The Kier molecular flexibility index (Phi) is 5.43. The van der Waals surface area contributed by atoms with Crippen LogP contribution < -0.4 is 4.74 Å². The van der Waals surface area contributed by atoms with Gasteiger partial charge in [-0.15, -0.1) is 12.6 Å². The number of benzene rings is 2. The lowest BCUT2D eigenvalue weighted by Gasteiger charge is -2.07. The zero-order valence-corrected chi connectivity index (χ0v) is 12.9. The first-order chi connectivity index (χ1) is 11.0. The Hall–Kier alpha value is -2.73. The van der Waals surface area contributed by atoms with Crippen LogP contribution in [0.4, 0.5) is 0 Å². The molecule has 0 unspecified atom stereocenters. The van der Waals surface area contributed by atoms with Gasteiger partial charge >= 0.3 is 11.9 Å². The number of thiol groups is 1. The molecule has 0 aliphatic heterocycles. The van der Waals surface area contributed by atoms with Crippen molar-refractivity contribution in [1.29, 1.82) is 0 Å². The van der Waals surface area contributed by atoms with Crippen molar-refractivity contribution in [2.45, 2.75) is 6.61 Å². The van der Waals surface area contributed by atoms with Gasteiger partial charge in [-0.2, -0.15) is 0 Å². The Morgan fingerprint density at radius 3 is 2.39 bits per heavy atom. The molecule has 0 aliphatic carbocycles. The van der Waals surface area contributed by atoms with E-state index < -0.39 is 11.9 Å². The smallest absolute Gasteiger partial charge is 0.341 e. The summed E-state index contributed by atoms with van der Waals surface area (Å²) in [5, 5.41) is 17.7. The van der Waals surface area contributed by atoms with Crippen molar-refractivity contribution in [3.8, 4) is 5.75 Å². The second-order valence-electron chi connectivity index (χ2n) is 4.70. The van der Waals surface area contributed by atoms with E-state index in [0.717, 1.165) is 5.56 Å². The first-order valence-electron chi connectivity index (χ1n) is 6.65. The van der Waals surface area contributed by atoms with E-state index in [1.54, 1.807) is 42.5 Å². The number of aliphatic carboxylic acids is 1. The van der Waals surface area contributed by atoms with Gasteiger partial charge in [-0.1, -0.05) is 24.3 Å². The molecule has 0 spiro atoms. The van der Waals surface area contributed by atoms with Crippen LogP contribution in [-0.4, -0.2) is 22.2 Å². The number of carboxylic acids is 2. The predicted molar refractivity (Wildman–Crippen MR) is 88.8 cm³/mol. The predicted octanol–water partition coefficient (Wildman–Crippen LogP) is 3.32. The van der Waals surface area contributed by atoms with Gasteiger partial charge in [0.05, 0.1) is 10.5 Å². The first kappa shape index (κ1) is 16.6. The fourth-order valence-electron chi connectivity index (χ4n) is 1.84. The van der Waals surface area contributed by atoms with Gasteiger partial charge in [0.2, 0.25) is 0 Å². The average molecular weight is 330 g/mol. The number of aromatic carboxylic acids is 1. The van der Waals surface area contributed by atoms with Gasteiger partial charge in [-0.05, 0) is 41.5 Å². The van der Waals surface area contributed by atoms with E-state index in [-0.39, 0.29) is 17.1 Å². The van der Waals surface area contributed by atoms with Crippen molar-refractivity contribution in [2.75, 3.05) is 0 Å². The molecule has 2 N–H and O–H groups in total. The minimum Gasteiger partial charge on any atom is -0.489 e. The largest absolute Gasteiger partial charge is 0.489 e. The van der Waals surface area contributed by atoms with E-state index >= 15 is 0 Å². The topological polar surface area (TPSA) is 83.8 Å². The van der Waals surface area contributed by atoms with Crippen molar-refractivity contribution < 1.29 is 24.5 Å². The molecule has 2 rings (SSSR count). The first-order valence-corrected chi connectivity index (χ1v) is 7.09. The highest BCUT2D eigenvalue weighted by molar-refractivity contribution is 7.85. The SMILES string of the molecule is O=C(O)/C(S)=C\c1ccc(OCc2cccc(C(=O)O)c2)cc1. The summed E-state index contributed by atoms with van der Waals surface area (Å²) in [5.74, 6) is -1.48. The number of hydrogen-bond acceptors (Lipinski definition) is 4. The summed E-state index contributed by atoms with van der Waals surface area (Å²) >= 11 is 3.86. The average Bonchev–Trinajstić information content (AvgIpc) is 2.54. The number of ether oxygens (including phenoxy) is 1. The highest BCUT2D eigenvalue weighted by Gasteiger charge is 2.04. The summed E-state index contributed by atoms with van der Waals surface area (Å²) in [5.41, 5.74) is 1.65. The lowest BCUT2D eigenvalue weighted by atomic mass is 10.1. The molecule has 0 heterocycles. The molecule has 118 valence electrons. The Labute approximate surface area is 138 Å². The van der Waals surface area contributed by atoms with Crippen LogP contribution in [0.1, 0.15) is 21.5 Å². The van der Waals surface area contributed by atoms with Crippen molar-refractivity contribution in [3.63, 3.8) is 0 Å². The summed E-state index contributed by atoms with van der Waals surface area (Å²) in [7, 11) is 0. The van der Waals surface area contributed by atoms with Gasteiger partial charge in [0.25, 0.3) is 0 Å². The standard InChI is InChI=1S/C17H14O5S/c18-16(19)13-3-1-2-12(8-13)10-22-14-6-4-11(5-7-14)9-15(23)17(20)21/h1-9,23H,10H2,(H,18,19)(H,20,21)/b15-9+. The molecule has 0 radical (unpaired) electrons. The minimum atomic E-state index is -1.09. The second-order valence-corrected chi connectivity index (χ2v) is 5.18. The van der Waals surface area contributed by atoms with Crippen molar-refractivity contribution >= 4 is 30.6 Å². The lowest BCUT2D eigenvalue weighted by Crippen LogP contribution is -2.00. The third-order valence-electron chi connectivity index (χ3n) is 2.98. The van der Waals surface area contributed by atoms with E-state index in [4.69, 9.17) is 14.9 Å². The summed E-state index contributed by atoms with van der Waals surface area (Å²) in [4.78, 5) is 21.5. The fourth-order valence-corrected chi connectivity index (χ4v) is 1.99. The van der Waals surface area contributed by atoms with Gasteiger partial charge in [0.1, 0.15) is 12.4 Å². The fraction of sp³-hybridized carbons (Fsp3) is 0.0588. The highest BCUT2D eigenvalue weighted by Crippen LogP contribution is 2.17. The van der Waals surface area contributed by atoms with Crippen LogP contribution in [0.3, 0.4) is 0 Å². The number of hydrogen-bond donors (Lipinski definition) is 3. The number of carboxylic acid groups (broad SMARTS) is 2. The van der Waals surface area contributed by atoms with Crippen molar-refractivity contribution in [2.24, 2.45) is 0 Å². The van der Waals surface area contributed by atoms with Gasteiger partial charge < -0.3 is 14.9 Å². The van der Waals surface area contributed by atoms with Crippen molar-refractivity contribution in [1.82, 2.24) is 0 Å². The summed E-state index contributed by atoms with van der Waals surface area (Å²) < 4.78 is 5.59. The van der Waals surface area contributed by atoms with Crippen LogP contribution in [0, 0.1) is 0 Å². The molecule has 5 nitrogen and oxygen atoms in total. The molecule has 0 bridgehead atoms. The van der Waals surface area contributed by atoms with Gasteiger partial charge in [-0.25, -0.2) is 9.59 Å². The van der Waals surface area contributed by atoms with Crippen LogP contribution in [0.25, 0.3) is 6.08 Å². The molecule has 0 saturated carbocycles.